The van der Waals surface area contributed by atoms with Crippen LogP contribution in [0.5, 0.6) is 5.75 Å². The number of hydrogen-bond acceptors (Lipinski definition) is 8. The SMILES string of the molecule is CCC(=O)c1ccc(CC(=O)C(CCOC)n2cc(OC)c(-c3cc(Cl)ccc3-c3ccon3)cc2=O)cn1. The fourth-order valence-electron chi connectivity index (χ4n) is 4.34. The third kappa shape index (κ3) is 6.32. The molecule has 3 aromatic heterocycles. The largest absolute Gasteiger partial charge is 0.495 e. The zero-order valence-electron chi connectivity index (χ0n) is 21.8. The zero-order valence-corrected chi connectivity index (χ0v) is 22.6. The van der Waals surface area contributed by atoms with Gasteiger partial charge in [0.2, 0.25) is 0 Å². The average molecular weight is 550 g/mol. The number of carbonyl (C=O) groups is 2. The molecule has 0 aliphatic rings. The van der Waals surface area contributed by atoms with E-state index in [4.69, 9.17) is 25.6 Å². The van der Waals surface area contributed by atoms with Crippen LogP contribution in [-0.2, 0) is 16.0 Å². The van der Waals surface area contributed by atoms with Gasteiger partial charge < -0.3 is 18.6 Å². The Bertz CT molecular complexity index is 1510. The van der Waals surface area contributed by atoms with Crippen LogP contribution in [0.4, 0.5) is 0 Å². The van der Waals surface area contributed by atoms with Crippen LogP contribution >= 0.6 is 11.6 Å². The minimum absolute atomic E-state index is 0.0308. The van der Waals surface area contributed by atoms with E-state index < -0.39 is 11.6 Å². The third-order valence-electron chi connectivity index (χ3n) is 6.36. The van der Waals surface area contributed by atoms with E-state index in [0.29, 0.717) is 50.8 Å². The van der Waals surface area contributed by atoms with E-state index >= 15 is 0 Å². The van der Waals surface area contributed by atoms with E-state index in [1.165, 1.54) is 43.5 Å². The molecule has 4 aromatic rings. The third-order valence-corrected chi connectivity index (χ3v) is 6.60. The van der Waals surface area contributed by atoms with Crippen molar-refractivity contribution in [2.75, 3.05) is 20.8 Å². The predicted molar refractivity (Wildman–Crippen MR) is 146 cm³/mol. The Balaban J connectivity index is 1.72. The van der Waals surface area contributed by atoms with Gasteiger partial charge in [0.05, 0.1) is 19.3 Å². The number of rotatable bonds is 12. The van der Waals surface area contributed by atoms with Gasteiger partial charge in [-0.25, -0.2) is 0 Å². The summed E-state index contributed by atoms with van der Waals surface area (Å²) in [5.41, 5.74) is 3.00. The second kappa shape index (κ2) is 12.6. The lowest BCUT2D eigenvalue weighted by Gasteiger charge is -2.21. The van der Waals surface area contributed by atoms with Gasteiger partial charge in [0.15, 0.2) is 11.6 Å². The maximum absolute atomic E-state index is 13.5. The molecule has 0 radical (unpaired) electrons. The number of aromatic nitrogens is 3. The van der Waals surface area contributed by atoms with Crippen molar-refractivity contribution in [1.82, 2.24) is 14.7 Å². The minimum atomic E-state index is -0.813. The van der Waals surface area contributed by atoms with Crippen LogP contribution in [0.2, 0.25) is 5.02 Å². The summed E-state index contributed by atoms with van der Waals surface area (Å²) in [4.78, 5) is 43.0. The first-order valence-corrected chi connectivity index (χ1v) is 12.7. The van der Waals surface area contributed by atoms with Crippen LogP contribution in [0.3, 0.4) is 0 Å². The molecule has 1 unspecified atom stereocenters. The molecule has 4 rings (SSSR count). The lowest BCUT2D eigenvalue weighted by Crippen LogP contribution is -2.31. The second-order valence-corrected chi connectivity index (χ2v) is 9.28. The molecule has 39 heavy (non-hydrogen) atoms. The number of Topliss-reactive ketones (excluding diaryl/α,β-unsaturated/α-hetero) is 2. The van der Waals surface area contributed by atoms with Crippen molar-refractivity contribution in [2.24, 2.45) is 0 Å². The van der Waals surface area contributed by atoms with Crippen LogP contribution in [0.15, 0.2) is 70.4 Å². The molecule has 202 valence electrons. The fourth-order valence-corrected chi connectivity index (χ4v) is 4.51. The highest BCUT2D eigenvalue weighted by atomic mass is 35.5. The first-order chi connectivity index (χ1) is 18.9. The molecule has 0 spiro atoms. The lowest BCUT2D eigenvalue weighted by atomic mass is 9.97. The average Bonchev–Trinajstić information content (AvgIpc) is 3.48. The van der Waals surface area contributed by atoms with Crippen molar-refractivity contribution in [3.05, 3.63) is 87.8 Å². The summed E-state index contributed by atoms with van der Waals surface area (Å²) in [5.74, 6) is 0.100. The predicted octanol–water partition coefficient (Wildman–Crippen LogP) is 5.21. The number of benzene rings is 1. The fraction of sp³-hybridized carbons (Fsp3) is 0.276. The van der Waals surface area contributed by atoms with Gasteiger partial charge >= 0.3 is 0 Å². The number of hydrogen-bond donors (Lipinski definition) is 0. The van der Waals surface area contributed by atoms with Crippen molar-refractivity contribution >= 4 is 23.2 Å². The van der Waals surface area contributed by atoms with Gasteiger partial charge in [0, 0.05) is 61.0 Å². The highest BCUT2D eigenvalue weighted by Gasteiger charge is 2.24. The number of carbonyl (C=O) groups excluding carboxylic acids is 2. The van der Waals surface area contributed by atoms with E-state index in [-0.39, 0.29) is 31.0 Å². The maximum Gasteiger partial charge on any atom is 0.252 e. The van der Waals surface area contributed by atoms with Crippen LogP contribution in [0, 0.1) is 0 Å². The summed E-state index contributed by atoms with van der Waals surface area (Å²) in [6, 6.07) is 10.9. The smallest absolute Gasteiger partial charge is 0.252 e. The quantitative estimate of drug-likeness (QED) is 0.221. The number of halogens is 1. The molecule has 0 N–H and O–H groups in total. The monoisotopic (exact) mass is 549 g/mol. The Labute approximate surface area is 230 Å². The van der Waals surface area contributed by atoms with Crippen molar-refractivity contribution in [1.29, 1.82) is 0 Å². The van der Waals surface area contributed by atoms with Crippen LogP contribution in [-0.4, -0.2) is 47.1 Å². The minimum Gasteiger partial charge on any atom is -0.495 e. The standard InChI is InChI=1S/C29H28ClN3O6/c1-4-26(34)24-8-5-18(16-31-24)13-27(35)25(10-11-37-2)33-17-28(38-3)22(15-29(33)36)21-14-19(30)6-7-20(21)23-9-12-39-32-23/h5-9,12,14-17,25H,4,10-11,13H2,1-3H3. The highest BCUT2D eigenvalue weighted by Crippen LogP contribution is 2.38. The number of methoxy groups -OCH3 is 2. The molecule has 0 aliphatic heterocycles. The van der Waals surface area contributed by atoms with Crippen LogP contribution in [0.1, 0.15) is 41.9 Å². The molecule has 1 aromatic carbocycles. The van der Waals surface area contributed by atoms with Gasteiger partial charge in [-0.1, -0.05) is 35.8 Å². The normalized spacial score (nSPS) is 11.8. The Morgan fingerprint density at radius 3 is 2.54 bits per heavy atom. The van der Waals surface area contributed by atoms with E-state index in [2.05, 4.69) is 10.1 Å². The molecule has 0 bridgehead atoms. The number of nitrogens with zero attached hydrogens (tertiary/aromatic N) is 3. The number of ether oxygens (including phenoxy) is 2. The zero-order chi connectivity index (χ0) is 27.9. The maximum atomic E-state index is 13.5. The Hall–Kier alpha value is -4.08. The number of ketones is 2. The molecule has 0 aliphatic carbocycles. The summed E-state index contributed by atoms with van der Waals surface area (Å²) in [5, 5.41) is 4.49. The van der Waals surface area contributed by atoms with Gasteiger partial charge in [-0.15, -0.1) is 0 Å². The van der Waals surface area contributed by atoms with Gasteiger partial charge in [-0.2, -0.15) is 0 Å². The van der Waals surface area contributed by atoms with E-state index in [1.54, 1.807) is 43.3 Å². The first kappa shape index (κ1) is 27.9. The van der Waals surface area contributed by atoms with Crippen molar-refractivity contribution in [3.63, 3.8) is 0 Å². The molecule has 10 heteroatoms. The topological polar surface area (TPSA) is 114 Å². The van der Waals surface area contributed by atoms with Crippen molar-refractivity contribution < 1.29 is 23.6 Å². The van der Waals surface area contributed by atoms with E-state index in [0.717, 1.165) is 0 Å². The van der Waals surface area contributed by atoms with Crippen molar-refractivity contribution in [3.8, 4) is 28.1 Å². The summed E-state index contributed by atoms with van der Waals surface area (Å²) < 4.78 is 17.3. The van der Waals surface area contributed by atoms with Crippen LogP contribution in [0.25, 0.3) is 22.4 Å². The summed E-state index contributed by atoms with van der Waals surface area (Å²) >= 11 is 6.31. The second-order valence-electron chi connectivity index (χ2n) is 8.84. The summed E-state index contributed by atoms with van der Waals surface area (Å²) in [6.45, 7) is 2.03. The van der Waals surface area contributed by atoms with Crippen LogP contribution < -0.4 is 10.3 Å². The molecule has 9 nitrogen and oxygen atoms in total. The summed E-state index contributed by atoms with van der Waals surface area (Å²) in [7, 11) is 3.02. The Morgan fingerprint density at radius 1 is 1.08 bits per heavy atom. The molecular weight excluding hydrogens is 522 g/mol. The molecule has 1 atom stereocenters. The molecule has 0 saturated carbocycles. The van der Waals surface area contributed by atoms with Crippen molar-refractivity contribution in [2.45, 2.75) is 32.2 Å². The Morgan fingerprint density at radius 2 is 1.90 bits per heavy atom. The van der Waals surface area contributed by atoms with Gasteiger partial charge in [0.25, 0.3) is 5.56 Å². The highest BCUT2D eigenvalue weighted by molar-refractivity contribution is 6.31. The molecular formula is C29H28ClN3O6. The summed E-state index contributed by atoms with van der Waals surface area (Å²) in [6.07, 6.45) is 5.16. The molecule has 0 saturated heterocycles. The van der Waals surface area contributed by atoms with Gasteiger partial charge in [0.1, 0.15) is 23.4 Å². The lowest BCUT2D eigenvalue weighted by molar-refractivity contribution is -0.122. The Kier molecular flexibility index (Phi) is 9.06. The van der Waals surface area contributed by atoms with Gasteiger partial charge in [-0.05, 0) is 35.7 Å². The first-order valence-electron chi connectivity index (χ1n) is 12.4. The molecule has 0 fully saturated rings. The van der Waals surface area contributed by atoms with E-state index in [1.807, 2.05) is 0 Å². The molecule has 0 amide bonds. The number of pyridine rings is 2. The van der Waals surface area contributed by atoms with E-state index in [9.17, 15) is 14.4 Å². The van der Waals surface area contributed by atoms with Gasteiger partial charge in [-0.3, -0.25) is 19.4 Å². The molecule has 3 heterocycles.